The SMILES string of the molecule is Clc1cnc(Cl)nc1.Clc1ncc(Cl)c(Cl)n1. The first-order valence-corrected chi connectivity index (χ1v) is 5.84. The van der Waals surface area contributed by atoms with Crippen molar-refractivity contribution >= 4 is 58.0 Å². The van der Waals surface area contributed by atoms with E-state index in [2.05, 4.69) is 19.9 Å². The minimum Gasteiger partial charge on any atom is -0.225 e. The molecule has 0 unspecified atom stereocenters. The van der Waals surface area contributed by atoms with Gasteiger partial charge >= 0.3 is 0 Å². The van der Waals surface area contributed by atoms with Crippen molar-refractivity contribution in [2.45, 2.75) is 0 Å². The first kappa shape index (κ1) is 14.7. The number of aromatic nitrogens is 4. The van der Waals surface area contributed by atoms with Gasteiger partial charge in [0.2, 0.25) is 10.6 Å². The van der Waals surface area contributed by atoms with Crippen LogP contribution in [0.25, 0.3) is 0 Å². The van der Waals surface area contributed by atoms with E-state index in [1.807, 2.05) is 0 Å². The molecule has 2 rings (SSSR count). The highest BCUT2D eigenvalue weighted by Gasteiger charge is 1.98. The van der Waals surface area contributed by atoms with Crippen LogP contribution in [-0.4, -0.2) is 19.9 Å². The van der Waals surface area contributed by atoms with Gasteiger partial charge in [-0.25, -0.2) is 19.9 Å². The topological polar surface area (TPSA) is 51.6 Å². The monoisotopic (exact) mass is 330 g/mol. The van der Waals surface area contributed by atoms with Crippen LogP contribution in [0.3, 0.4) is 0 Å². The Kier molecular flexibility index (Phi) is 6.16. The van der Waals surface area contributed by atoms with Gasteiger partial charge in [0.15, 0.2) is 5.15 Å². The minimum absolute atomic E-state index is 0.101. The average molecular weight is 332 g/mol. The quantitative estimate of drug-likeness (QED) is 0.535. The van der Waals surface area contributed by atoms with E-state index in [0.717, 1.165) is 0 Å². The second-order valence-electron chi connectivity index (χ2n) is 2.45. The van der Waals surface area contributed by atoms with Crippen LogP contribution in [0.4, 0.5) is 0 Å². The van der Waals surface area contributed by atoms with E-state index in [9.17, 15) is 0 Å². The molecular weight excluding hydrogens is 329 g/mol. The molecular formula is C8H3Cl5N4. The summed E-state index contributed by atoms with van der Waals surface area (Å²) in [4.78, 5) is 14.3. The van der Waals surface area contributed by atoms with Crippen molar-refractivity contribution < 1.29 is 0 Å². The first-order valence-electron chi connectivity index (χ1n) is 3.95. The van der Waals surface area contributed by atoms with Crippen LogP contribution in [0.2, 0.25) is 25.8 Å². The third-order valence-electron chi connectivity index (χ3n) is 1.26. The van der Waals surface area contributed by atoms with Crippen LogP contribution in [0.15, 0.2) is 18.6 Å². The summed E-state index contributed by atoms with van der Waals surface area (Å²) in [7, 11) is 0. The zero-order valence-corrected chi connectivity index (χ0v) is 11.7. The molecule has 17 heavy (non-hydrogen) atoms. The smallest absolute Gasteiger partial charge is 0.223 e. The molecule has 90 valence electrons. The normalized spacial score (nSPS) is 9.47. The van der Waals surface area contributed by atoms with Crippen molar-refractivity contribution in [3.63, 3.8) is 0 Å². The Morgan fingerprint density at radius 1 is 0.706 bits per heavy atom. The lowest BCUT2D eigenvalue weighted by Gasteiger charge is -1.90. The molecule has 0 aliphatic heterocycles. The van der Waals surface area contributed by atoms with Crippen LogP contribution in [-0.2, 0) is 0 Å². The molecule has 0 radical (unpaired) electrons. The molecule has 0 saturated carbocycles. The Hall–Kier alpha value is -0.390. The highest BCUT2D eigenvalue weighted by atomic mass is 35.5. The van der Waals surface area contributed by atoms with Crippen LogP contribution in [0.5, 0.6) is 0 Å². The van der Waals surface area contributed by atoms with Crippen LogP contribution >= 0.6 is 58.0 Å². The fourth-order valence-electron chi connectivity index (χ4n) is 0.623. The number of hydrogen-bond acceptors (Lipinski definition) is 4. The molecule has 0 aliphatic rings. The van der Waals surface area contributed by atoms with Gasteiger partial charge in [0.05, 0.1) is 28.6 Å². The van der Waals surface area contributed by atoms with Gasteiger partial charge in [-0.05, 0) is 23.2 Å². The summed E-state index contributed by atoms with van der Waals surface area (Å²) < 4.78 is 0. The molecule has 9 heteroatoms. The van der Waals surface area contributed by atoms with Gasteiger partial charge in [-0.2, -0.15) is 0 Å². The van der Waals surface area contributed by atoms with Gasteiger partial charge in [-0.1, -0.05) is 34.8 Å². The summed E-state index contributed by atoms with van der Waals surface area (Å²) in [6, 6.07) is 0. The van der Waals surface area contributed by atoms with E-state index < -0.39 is 0 Å². The molecule has 4 nitrogen and oxygen atoms in total. The van der Waals surface area contributed by atoms with Gasteiger partial charge in [-0.3, -0.25) is 0 Å². The second kappa shape index (κ2) is 7.13. The van der Waals surface area contributed by atoms with Crippen LogP contribution in [0, 0.1) is 0 Å². The fourth-order valence-corrected chi connectivity index (χ4v) is 1.21. The summed E-state index contributed by atoms with van der Waals surface area (Å²) in [5.41, 5.74) is 0. The number of nitrogens with zero attached hydrogens (tertiary/aromatic N) is 4. The number of rotatable bonds is 0. The molecule has 2 aromatic heterocycles. The van der Waals surface area contributed by atoms with Gasteiger partial charge in [0.25, 0.3) is 0 Å². The van der Waals surface area contributed by atoms with Gasteiger partial charge in [0.1, 0.15) is 0 Å². The van der Waals surface area contributed by atoms with E-state index in [0.29, 0.717) is 10.0 Å². The predicted octanol–water partition coefficient (Wildman–Crippen LogP) is 4.22. The molecule has 0 fully saturated rings. The Bertz CT molecular complexity index is 469. The van der Waals surface area contributed by atoms with E-state index >= 15 is 0 Å². The maximum atomic E-state index is 5.47. The lowest BCUT2D eigenvalue weighted by molar-refractivity contribution is 1.17. The number of hydrogen-bond donors (Lipinski definition) is 0. The molecule has 0 aliphatic carbocycles. The van der Waals surface area contributed by atoms with Crippen LogP contribution < -0.4 is 0 Å². The zero-order chi connectivity index (χ0) is 12.8. The molecule has 0 bridgehead atoms. The van der Waals surface area contributed by atoms with Crippen molar-refractivity contribution in [1.82, 2.24) is 19.9 Å². The summed E-state index contributed by atoms with van der Waals surface area (Å²) in [5, 5.41) is 1.30. The average Bonchev–Trinajstić information content (AvgIpc) is 2.29. The van der Waals surface area contributed by atoms with Crippen molar-refractivity contribution in [3.05, 3.63) is 44.4 Å². The van der Waals surface area contributed by atoms with E-state index in [1.54, 1.807) is 0 Å². The van der Waals surface area contributed by atoms with Crippen molar-refractivity contribution in [2.24, 2.45) is 0 Å². The molecule has 0 saturated heterocycles. The van der Waals surface area contributed by atoms with E-state index in [-0.39, 0.29) is 15.7 Å². The Balaban J connectivity index is 0.000000171. The second-order valence-corrected chi connectivity index (χ2v) is 4.33. The third kappa shape index (κ3) is 5.66. The van der Waals surface area contributed by atoms with Gasteiger partial charge in [0, 0.05) is 0 Å². The molecule has 2 aromatic rings. The standard InChI is InChI=1S/C4HCl3N2.C4H2Cl2N2/c5-2-1-8-4(7)9-3(2)6;5-3-1-7-4(6)8-2-3/h1H;1-2H. The highest BCUT2D eigenvalue weighted by molar-refractivity contribution is 6.41. The molecule has 0 spiro atoms. The fraction of sp³-hybridized carbons (Fsp3) is 0. The van der Waals surface area contributed by atoms with Gasteiger partial charge < -0.3 is 0 Å². The van der Waals surface area contributed by atoms with E-state index in [1.165, 1.54) is 18.6 Å². The molecule has 0 amide bonds. The van der Waals surface area contributed by atoms with Crippen LogP contribution in [0.1, 0.15) is 0 Å². The Morgan fingerprint density at radius 2 is 1.24 bits per heavy atom. The summed E-state index contributed by atoms with van der Waals surface area (Å²) in [6.07, 6.45) is 4.23. The molecule has 0 N–H and O–H groups in total. The molecule has 0 atom stereocenters. The van der Waals surface area contributed by atoms with E-state index in [4.69, 9.17) is 58.0 Å². The predicted molar refractivity (Wildman–Crippen MR) is 69.1 cm³/mol. The lowest BCUT2D eigenvalue weighted by Crippen LogP contribution is -1.81. The Labute approximate surface area is 122 Å². The Morgan fingerprint density at radius 3 is 1.65 bits per heavy atom. The lowest BCUT2D eigenvalue weighted by atomic mass is 10.7. The minimum atomic E-state index is 0.101. The largest absolute Gasteiger partial charge is 0.225 e. The third-order valence-corrected chi connectivity index (χ3v) is 2.49. The highest BCUT2D eigenvalue weighted by Crippen LogP contribution is 2.18. The summed E-state index contributed by atoms with van der Waals surface area (Å²) in [6.45, 7) is 0. The summed E-state index contributed by atoms with van der Waals surface area (Å²) in [5.74, 6) is 0. The number of halogens is 5. The first-order chi connectivity index (χ1) is 7.99. The van der Waals surface area contributed by atoms with Crippen molar-refractivity contribution in [1.29, 1.82) is 0 Å². The van der Waals surface area contributed by atoms with Crippen molar-refractivity contribution in [3.8, 4) is 0 Å². The maximum Gasteiger partial charge on any atom is 0.223 e. The van der Waals surface area contributed by atoms with Crippen molar-refractivity contribution in [2.75, 3.05) is 0 Å². The van der Waals surface area contributed by atoms with Gasteiger partial charge in [-0.15, -0.1) is 0 Å². The molecule has 0 aromatic carbocycles. The zero-order valence-electron chi connectivity index (χ0n) is 7.91. The summed E-state index contributed by atoms with van der Waals surface area (Å²) >= 11 is 27.0. The molecule has 2 heterocycles. The maximum absolute atomic E-state index is 5.47.